The van der Waals surface area contributed by atoms with E-state index in [1.807, 2.05) is 19.1 Å². The van der Waals surface area contributed by atoms with Crippen molar-refractivity contribution in [1.82, 2.24) is 9.62 Å². The van der Waals surface area contributed by atoms with Crippen LogP contribution in [0.5, 0.6) is 0 Å². The van der Waals surface area contributed by atoms with Crippen LogP contribution in [0.25, 0.3) is 0 Å². The number of sulfonamides is 1. The van der Waals surface area contributed by atoms with E-state index in [0.29, 0.717) is 16.7 Å². The molecule has 4 bridgehead atoms. The van der Waals surface area contributed by atoms with E-state index in [2.05, 4.69) is 9.62 Å². The predicted octanol–water partition coefficient (Wildman–Crippen LogP) is 1.61. The van der Waals surface area contributed by atoms with E-state index in [4.69, 9.17) is 0 Å². The molecular formula is C16H22N2O2S. The summed E-state index contributed by atoms with van der Waals surface area (Å²) in [6.45, 7) is 5.32. The molecule has 0 aromatic heterocycles. The van der Waals surface area contributed by atoms with Gasteiger partial charge in [0, 0.05) is 25.7 Å². The minimum absolute atomic E-state index is 0.129. The molecule has 3 aliphatic heterocycles. The summed E-state index contributed by atoms with van der Waals surface area (Å²) in [5, 5.41) is 0. The number of benzene rings is 1. The van der Waals surface area contributed by atoms with Crippen molar-refractivity contribution in [1.29, 1.82) is 0 Å². The van der Waals surface area contributed by atoms with E-state index in [0.717, 1.165) is 24.6 Å². The van der Waals surface area contributed by atoms with Gasteiger partial charge in [-0.3, -0.25) is 0 Å². The molecule has 1 saturated carbocycles. The van der Waals surface area contributed by atoms with Crippen molar-refractivity contribution in [3.8, 4) is 0 Å². The molecule has 4 fully saturated rings. The van der Waals surface area contributed by atoms with Crippen molar-refractivity contribution in [3.05, 3.63) is 29.8 Å². The van der Waals surface area contributed by atoms with Crippen LogP contribution < -0.4 is 4.72 Å². The van der Waals surface area contributed by atoms with Crippen molar-refractivity contribution in [2.75, 3.05) is 19.6 Å². The Morgan fingerprint density at radius 3 is 2.24 bits per heavy atom. The Morgan fingerprint density at radius 1 is 1.05 bits per heavy atom. The third kappa shape index (κ3) is 2.41. The zero-order valence-corrected chi connectivity index (χ0v) is 13.1. The Balaban J connectivity index is 1.56. The van der Waals surface area contributed by atoms with Crippen LogP contribution in [-0.4, -0.2) is 39.0 Å². The average Bonchev–Trinajstić information content (AvgIpc) is 2.42. The lowest BCUT2D eigenvalue weighted by molar-refractivity contribution is -0.0376. The van der Waals surface area contributed by atoms with Gasteiger partial charge in [0.1, 0.15) is 0 Å². The number of nitrogens with zero attached hydrogens (tertiary/aromatic N) is 1. The molecule has 5 heteroatoms. The fraction of sp³-hybridized carbons (Fsp3) is 0.625. The van der Waals surface area contributed by atoms with Gasteiger partial charge in [-0.25, -0.2) is 13.1 Å². The SMILES string of the molecule is Cc1ccc(S(=O)(=O)NC2[C@@H]3CC4C[C@H]2CN(C4)C3)cc1. The lowest BCUT2D eigenvalue weighted by atomic mass is 9.65. The lowest BCUT2D eigenvalue weighted by Gasteiger charge is -2.55. The number of hydrogen-bond donors (Lipinski definition) is 1. The molecule has 0 radical (unpaired) electrons. The molecule has 0 amide bonds. The van der Waals surface area contributed by atoms with Crippen molar-refractivity contribution in [3.63, 3.8) is 0 Å². The second-order valence-electron chi connectivity index (χ2n) is 7.04. The number of hydrogen-bond acceptors (Lipinski definition) is 3. The maximum Gasteiger partial charge on any atom is 0.240 e. The molecule has 5 rings (SSSR count). The van der Waals surface area contributed by atoms with E-state index in [1.54, 1.807) is 12.1 Å². The largest absolute Gasteiger partial charge is 0.302 e. The Labute approximate surface area is 126 Å². The van der Waals surface area contributed by atoms with Crippen LogP contribution >= 0.6 is 0 Å². The second kappa shape index (κ2) is 4.80. The first-order chi connectivity index (χ1) is 10.0. The molecule has 4 aliphatic rings. The lowest BCUT2D eigenvalue weighted by Crippen LogP contribution is -2.64. The molecule has 21 heavy (non-hydrogen) atoms. The quantitative estimate of drug-likeness (QED) is 0.923. The summed E-state index contributed by atoms with van der Waals surface area (Å²) >= 11 is 0. The fourth-order valence-corrected chi connectivity index (χ4v) is 5.94. The molecule has 3 saturated heterocycles. The van der Waals surface area contributed by atoms with Gasteiger partial charge in [0.15, 0.2) is 0 Å². The van der Waals surface area contributed by atoms with Gasteiger partial charge in [-0.15, -0.1) is 0 Å². The summed E-state index contributed by atoms with van der Waals surface area (Å²) in [7, 11) is -3.39. The van der Waals surface area contributed by atoms with Gasteiger partial charge in [0.05, 0.1) is 4.90 Å². The summed E-state index contributed by atoms with van der Waals surface area (Å²) in [5.74, 6) is 1.79. The minimum Gasteiger partial charge on any atom is -0.302 e. The molecule has 3 unspecified atom stereocenters. The molecule has 4 nitrogen and oxygen atoms in total. The Kier molecular flexibility index (Phi) is 3.14. The summed E-state index contributed by atoms with van der Waals surface area (Å²) in [6.07, 6.45) is 2.38. The van der Waals surface area contributed by atoms with E-state index >= 15 is 0 Å². The Morgan fingerprint density at radius 2 is 1.67 bits per heavy atom. The molecule has 0 spiro atoms. The third-order valence-corrected chi connectivity index (χ3v) is 6.89. The summed E-state index contributed by atoms with van der Waals surface area (Å²) in [5.41, 5.74) is 1.08. The fourth-order valence-electron chi connectivity index (χ4n) is 4.57. The minimum atomic E-state index is -3.39. The topological polar surface area (TPSA) is 49.4 Å². The molecule has 3 heterocycles. The molecule has 1 aromatic carbocycles. The molecular weight excluding hydrogens is 284 g/mol. The van der Waals surface area contributed by atoms with Crippen molar-refractivity contribution in [2.45, 2.75) is 30.7 Å². The first-order valence-corrected chi connectivity index (χ1v) is 9.31. The van der Waals surface area contributed by atoms with E-state index in [9.17, 15) is 8.42 Å². The zero-order chi connectivity index (χ0) is 14.6. The van der Waals surface area contributed by atoms with E-state index < -0.39 is 10.0 Å². The first-order valence-electron chi connectivity index (χ1n) is 7.82. The smallest absolute Gasteiger partial charge is 0.240 e. The number of piperidine rings is 3. The van der Waals surface area contributed by atoms with Gasteiger partial charge >= 0.3 is 0 Å². The van der Waals surface area contributed by atoms with Gasteiger partial charge in [-0.1, -0.05) is 17.7 Å². The van der Waals surface area contributed by atoms with Crippen LogP contribution in [0.3, 0.4) is 0 Å². The Hall–Kier alpha value is -0.910. The molecule has 5 atom stereocenters. The highest BCUT2D eigenvalue weighted by Crippen LogP contribution is 2.43. The standard InChI is InChI=1S/C16H22N2O2S/c1-11-2-4-15(5-3-11)21(19,20)17-16-13-6-12-7-14(16)10-18(8-12)9-13/h2-5,12-14,16-17H,6-10H2,1H3/t12?,13-,14+,16?. The van der Waals surface area contributed by atoms with Crippen LogP contribution in [0.4, 0.5) is 0 Å². The number of aryl methyl sites for hydroxylation is 1. The summed E-state index contributed by atoms with van der Waals surface area (Å²) in [6, 6.07) is 7.26. The van der Waals surface area contributed by atoms with Crippen LogP contribution in [0.2, 0.25) is 0 Å². The van der Waals surface area contributed by atoms with Gasteiger partial charge in [-0.05, 0) is 49.7 Å². The molecule has 1 aliphatic carbocycles. The van der Waals surface area contributed by atoms with Crippen molar-refractivity contribution < 1.29 is 8.42 Å². The Bertz CT molecular complexity index is 611. The number of nitrogens with one attached hydrogen (secondary N) is 1. The molecule has 1 N–H and O–H groups in total. The third-order valence-electron chi connectivity index (χ3n) is 5.41. The molecule has 1 aromatic rings. The second-order valence-corrected chi connectivity index (χ2v) is 8.75. The van der Waals surface area contributed by atoms with Crippen LogP contribution in [0, 0.1) is 24.7 Å². The van der Waals surface area contributed by atoms with E-state index in [1.165, 1.54) is 19.4 Å². The van der Waals surface area contributed by atoms with Crippen molar-refractivity contribution >= 4 is 10.0 Å². The van der Waals surface area contributed by atoms with Crippen LogP contribution in [-0.2, 0) is 10.0 Å². The van der Waals surface area contributed by atoms with Gasteiger partial charge < -0.3 is 4.90 Å². The van der Waals surface area contributed by atoms with Gasteiger partial charge in [-0.2, -0.15) is 0 Å². The molecule has 114 valence electrons. The highest BCUT2D eigenvalue weighted by molar-refractivity contribution is 7.89. The maximum atomic E-state index is 12.6. The van der Waals surface area contributed by atoms with E-state index in [-0.39, 0.29) is 6.04 Å². The normalized spacial score (nSPS) is 37.9. The van der Waals surface area contributed by atoms with Gasteiger partial charge in [0.25, 0.3) is 0 Å². The van der Waals surface area contributed by atoms with Gasteiger partial charge in [0.2, 0.25) is 10.0 Å². The number of rotatable bonds is 3. The first kappa shape index (κ1) is 13.7. The summed E-state index contributed by atoms with van der Waals surface area (Å²) < 4.78 is 28.2. The summed E-state index contributed by atoms with van der Waals surface area (Å²) in [4.78, 5) is 2.91. The zero-order valence-electron chi connectivity index (χ0n) is 12.3. The van der Waals surface area contributed by atoms with Crippen LogP contribution in [0.1, 0.15) is 18.4 Å². The monoisotopic (exact) mass is 306 g/mol. The van der Waals surface area contributed by atoms with Crippen LogP contribution in [0.15, 0.2) is 29.2 Å². The average molecular weight is 306 g/mol. The predicted molar refractivity (Wildman–Crippen MR) is 81.4 cm³/mol. The van der Waals surface area contributed by atoms with Crippen molar-refractivity contribution in [2.24, 2.45) is 17.8 Å². The highest BCUT2D eigenvalue weighted by Gasteiger charge is 2.48. The highest BCUT2D eigenvalue weighted by atomic mass is 32.2. The maximum absolute atomic E-state index is 12.6.